The summed E-state index contributed by atoms with van der Waals surface area (Å²) >= 11 is 5.42. The van der Waals surface area contributed by atoms with Crippen LogP contribution in [-0.2, 0) is 4.79 Å². The summed E-state index contributed by atoms with van der Waals surface area (Å²) in [5.41, 5.74) is 2.19. The van der Waals surface area contributed by atoms with Crippen LogP contribution in [-0.4, -0.2) is 11.3 Å². The Morgan fingerprint density at radius 1 is 1.47 bits per heavy atom. The number of carbonyl (C=O) groups excluding carboxylic acids is 1. The van der Waals surface area contributed by atoms with Crippen molar-refractivity contribution in [3.05, 3.63) is 29.3 Å². The maximum atomic E-state index is 11.0. The molecule has 0 fully saturated rings. The lowest BCUT2D eigenvalue weighted by atomic mass is 10.1. The fourth-order valence-electron chi connectivity index (χ4n) is 1.30. The highest BCUT2D eigenvalue weighted by Crippen LogP contribution is 2.22. The van der Waals surface area contributed by atoms with Crippen LogP contribution in [0.3, 0.4) is 0 Å². The summed E-state index contributed by atoms with van der Waals surface area (Å²) in [5.74, 6) is 0.732. The second-order valence-electron chi connectivity index (χ2n) is 3.52. The molecule has 0 aromatic heterocycles. The second-order valence-corrected chi connectivity index (χ2v) is 3.89. The Hall–Kier alpha value is -1.02. The molecule has 0 spiro atoms. The minimum Gasteiger partial charge on any atom is -0.481 e. The Kier molecular flexibility index (Phi) is 4.15. The Morgan fingerprint density at radius 3 is 2.67 bits per heavy atom. The third-order valence-electron chi connectivity index (χ3n) is 2.45. The van der Waals surface area contributed by atoms with Crippen molar-refractivity contribution in [1.82, 2.24) is 0 Å². The number of carbonyl (C=O) groups is 1. The van der Waals surface area contributed by atoms with Gasteiger partial charge in [0.25, 0.3) is 5.24 Å². The molecule has 0 aliphatic heterocycles. The highest BCUT2D eigenvalue weighted by atomic mass is 35.5. The first-order chi connectivity index (χ1) is 7.06. The highest BCUT2D eigenvalue weighted by Gasteiger charge is 2.16. The van der Waals surface area contributed by atoms with Crippen LogP contribution in [0.2, 0.25) is 0 Å². The van der Waals surface area contributed by atoms with E-state index < -0.39 is 11.3 Å². The fraction of sp³-hybridized carbons (Fsp3) is 0.417. The summed E-state index contributed by atoms with van der Waals surface area (Å²) in [6.07, 6.45) is 0.0302. The fourth-order valence-corrected chi connectivity index (χ4v) is 1.49. The molecule has 1 atom stereocenters. The second kappa shape index (κ2) is 5.17. The van der Waals surface area contributed by atoms with Crippen molar-refractivity contribution in [2.75, 3.05) is 0 Å². The summed E-state index contributed by atoms with van der Waals surface area (Å²) in [6, 6.07) is 5.76. The average molecular weight is 227 g/mol. The Balaban J connectivity index is 2.88. The van der Waals surface area contributed by atoms with E-state index >= 15 is 0 Å². The van der Waals surface area contributed by atoms with Gasteiger partial charge in [-0.3, -0.25) is 4.79 Å². The van der Waals surface area contributed by atoms with Crippen LogP contribution in [0.1, 0.15) is 24.5 Å². The molecule has 82 valence electrons. The number of aryl methyl sites for hydroxylation is 1. The first-order valence-electron chi connectivity index (χ1n) is 4.98. The molecule has 15 heavy (non-hydrogen) atoms. The third kappa shape index (κ3) is 2.96. The number of hydrogen-bond acceptors (Lipinski definition) is 2. The average Bonchev–Trinajstić information content (AvgIpc) is 2.19. The summed E-state index contributed by atoms with van der Waals surface area (Å²) in [4.78, 5) is 11.0. The molecule has 2 nitrogen and oxygen atoms in total. The van der Waals surface area contributed by atoms with Gasteiger partial charge < -0.3 is 4.74 Å². The van der Waals surface area contributed by atoms with E-state index in [4.69, 9.17) is 16.3 Å². The van der Waals surface area contributed by atoms with Gasteiger partial charge in [0.2, 0.25) is 0 Å². The van der Waals surface area contributed by atoms with E-state index in [0.29, 0.717) is 6.42 Å². The smallest absolute Gasteiger partial charge is 0.262 e. The SMILES string of the molecule is CC[C@@H](Oc1cccc(C)c1C)C(=O)Cl. The van der Waals surface area contributed by atoms with Crippen LogP contribution in [0.5, 0.6) is 5.75 Å². The lowest BCUT2D eigenvalue weighted by molar-refractivity contribution is -0.117. The first-order valence-corrected chi connectivity index (χ1v) is 5.36. The topological polar surface area (TPSA) is 26.3 Å². The molecular formula is C12H15ClO2. The number of rotatable bonds is 4. The lowest BCUT2D eigenvalue weighted by Gasteiger charge is -2.16. The first kappa shape index (κ1) is 12.1. The minimum atomic E-state index is -0.549. The maximum Gasteiger partial charge on any atom is 0.262 e. The minimum absolute atomic E-state index is 0.446. The normalized spacial score (nSPS) is 12.3. The predicted molar refractivity (Wildman–Crippen MR) is 61.5 cm³/mol. The van der Waals surface area contributed by atoms with Gasteiger partial charge in [0, 0.05) is 0 Å². The van der Waals surface area contributed by atoms with Crippen LogP contribution in [0.15, 0.2) is 18.2 Å². The van der Waals surface area contributed by atoms with Crippen molar-refractivity contribution in [2.45, 2.75) is 33.3 Å². The monoisotopic (exact) mass is 226 g/mol. The van der Waals surface area contributed by atoms with Crippen LogP contribution >= 0.6 is 11.6 Å². The molecule has 0 bridgehead atoms. The molecule has 0 saturated carbocycles. The molecule has 0 N–H and O–H groups in total. The molecule has 0 amide bonds. The van der Waals surface area contributed by atoms with Crippen molar-refractivity contribution in [1.29, 1.82) is 0 Å². The van der Waals surface area contributed by atoms with Crippen molar-refractivity contribution >= 4 is 16.8 Å². The van der Waals surface area contributed by atoms with E-state index in [1.165, 1.54) is 0 Å². The summed E-state index contributed by atoms with van der Waals surface area (Å²) in [5, 5.41) is -0.446. The molecular weight excluding hydrogens is 212 g/mol. The van der Waals surface area contributed by atoms with Gasteiger partial charge in [0.1, 0.15) is 5.75 Å². The number of halogens is 1. The summed E-state index contributed by atoms with van der Waals surface area (Å²) < 4.78 is 5.56. The van der Waals surface area contributed by atoms with Gasteiger partial charge in [0.05, 0.1) is 0 Å². The number of benzene rings is 1. The Morgan fingerprint density at radius 2 is 2.13 bits per heavy atom. The quantitative estimate of drug-likeness (QED) is 0.737. The Labute approximate surface area is 95.2 Å². The summed E-state index contributed by atoms with van der Waals surface area (Å²) in [7, 11) is 0. The highest BCUT2D eigenvalue weighted by molar-refractivity contribution is 6.64. The van der Waals surface area contributed by atoms with Gasteiger partial charge in [-0.05, 0) is 49.1 Å². The molecule has 1 aromatic rings. The molecule has 0 unspecified atom stereocenters. The predicted octanol–water partition coefficient (Wildman–Crippen LogP) is 3.23. The van der Waals surface area contributed by atoms with E-state index in [2.05, 4.69) is 0 Å². The van der Waals surface area contributed by atoms with E-state index in [1.54, 1.807) is 0 Å². The largest absolute Gasteiger partial charge is 0.481 e. The zero-order valence-corrected chi connectivity index (χ0v) is 9.97. The van der Waals surface area contributed by atoms with Crippen molar-refractivity contribution in [3.8, 4) is 5.75 Å². The van der Waals surface area contributed by atoms with Gasteiger partial charge in [-0.1, -0.05) is 19.1 Å². The van der Waals surface area contributed by atoms with Crippen LogP contribution < -0.4 is 4.74 Å². The zero-order valence-electron chi connectivity index (χ0n) is 9.21. The van der Waals surface area contributed by atoms with Crippen molar-refractivity contribution < 1.29 is 9.53 Å². The van der Waals surface area contributed by atoms with E-state index in [0.717, 1.165) is 16.9 Å². The summed E-state index contributed by atoms with van der Waals surface area (Å²) in [6.45, 7) is 5.85. The molecule has 0 aliphatic rings. The van der Waals surface area contributed by atoms with Crippen LogP contribution in [0.4, 0.5) is 0 Å². The van der Waals surface area contributed by atoms with Crippen LogP contribution in [0, 0.1) is 13.8 Å². The molecule has 1 aromatic carbocycles. The number of ether oxygens (including phenoxy) is 1. The van der Waals surface area contributed by atoms with E-state index in [9.17, 15) is 4.79 Å². The molecule has 3 heteroatoms. The molecule has 0 saturated heterocycles. The molecule has 0 aliphatic carbocycles. The van der Waals surface area contributed by atoms with Gasteiger partial charge in [-0.25, -0.2) is 0 Å². The van der Waals surface area contributed by atoms with Crippen molar-refractivity contribution in [3.63, 3.8) is 0 Å². The molecule has 1 rings (SSSR count). The number of hydrogen-bond donors (Lipinski definition) is 0. The van der Waals surface area contributed by atoms with Gasteiger partial charge in [0.15, 0.2) is 6.10 Å². The molecule has 0 heterocycles. The lowest BCUT2D eigenvalue weighted by Crippen LogP contribution is -2.22. The van der Waals surface area contributed by atoms with Crippen LogP contribution in [0.25, 0.3) is 0 Å². The zero-order chi connectivity index (χ0) is 11.4. The molecule has 0 radical (unpaired) electrons. The Bertz CT molecular complexity index is 361. The van der Waals surface area contributed by atoms with Gasteiger partial charge >= 0.3 is 0 Å². The van der Waals surface area contributed by atoms with Gasteiger partial charge in [-0.2, -0.15) is 0 Å². The van der Waals surface area contributed by atoms with E-state index in [-0.39, 0.29) is 0 Å². The van der Waals surface area contributed by atoms with E-state index in [1.807, 2.05) is 39.0 Å². The maximum absolute atomic E-state index is 11.0. The van der Waals surface area contributed by atoms with Gasteiger partial charge in [-0.15, -0.1) is 0 Å². The standard InChI is InChI=1S/C12H15ClO2/c1-4-10(12(13)14)15-11-7-5-6-8(2)9(11)3/h5-7,10H,4H2,1-3H3/t10-/m1/s1. The third-order valence-corrected chi connectivity index (χ3v) is 2.69. The van der Waals surface area contributed by atoms with Crippen molar-refractivity contribution in [2.24, 2.45) is 0 Å².